The highest BCUT2D eigenvalue weighted by Crippen LogP contribution is 2.30. The minimum absolute atomic E-state index is 0.137. The number of alkyl halides is 3. The highest BCUT2D eigenvalue weighted by Gasteiger charge is 2.36. The smallest absolute Gasteiger partial charge is 0.391 e. The Bertz CT molecular complexity index is 495. The molecule has 1 aliphatic heterocycles. The number of halogens is 3. The van der Waals surface area contributed by atoms with Gasteiger partial charge in [0, 0.05) is 25.7 Å². The van der Waals surface area contributed by atoms with Gasteiger partial charge < -0.3 is 15.3 Å². The first kappa shape index (κ1) is 15.8. The van der Waals surface area contributed by atoms with Gasteiger partial charge in [0.2, 0.25) is 5.82 Å². The van der Waals surface area contributed by atoms with Crippen LogP contribution < -0.4 is 10.2 Å². The van der Waals surface area contributed by atoms with Crippen LogP contribution in [0.25, 0.3) is 0 Å². The molecular formula is C13H19F3N4O. The normalized spacial score (nSPS) is 23.2. The fraction of sp³-hybridized carbons (Fsp3) is 0.692. The van der Waals surface area contributed by atoms with Gasteiger partial charge in [0.05, 0.1) is 6.10 Å². The van der Waals surface area contributed by atoms with E-state index in [-0.39, 0.29) is 24.1 Å². The van der Waals surface area contributed by atoms with Gasteiger partial charge in [0.15, 0.2) is 0 Å². The lowest BCUT2D eigenvalue weighted by Crippen LogP contribution is -2.43. The number of anilines is 2. The van der Waals surface area contributed by atoms with Crippen molar-refractivity contribution in [3.05, 3.63) is 11.9 Å². The molecule has 0 saturated carbocycles. The molecule has 2 N–H and O–H groups in total. The SMILES string of the molecule is CCNc1cc(N2CCC(C)C(O)C2)nc(C(F)(F)F)n1. The van der Waals surface area contributed by atoms with Crippen molar-refractivity contribution in [3.63, 3.8) is 0 Å². The molecule has 2 heterocycles. The van der Waals surface area contributed by atoms with Gasteiger partial charge in [-0.05, 0) is 19.3 Å². The van der Waals surface area contributed by atoms with Crippen LogP contribution in [-0.2, 0) is 6.18 Å². The molecule has 0 spiro atoms. The highest BCUT2D eigenvalue weighted by atomic mass is 19.4. The Hall–Kier alpha value is -1.57. The van der Waals surface area contributed by atoms with E-state index in [1.54, 1.807) is 11.8 Å². The van der Waals surface area contributed by atoms with Gasteiger partial charge >= 0.3 is 6.18 Å². The summed E-state index contributed by atoms with van der Waals surface area (Å²) in [5, 5.41) is 12.7. The lowest BCUT2D eigenvalue weighted by atomic mass is 9.96. The number of nitrogens with one attached hydrogen (secondary N) is 1. The van der Waals surface area contributed by atoms with E-state index in [1.165, 1.54) is 6.07 Å². The largest absolute Gasteiger partial charge is 0.451 e. The molecule has 1 aliphatic rings. The predicted molar refractivity (Wildman–Crippen MR) is 73.2 cm³/mol. The summed E-state index contributed by atoms with van der Waals surface area (Å²) in [5.74, 6) is -0.690. The second kappa shape index (κ2) is 6.05. The molecule has 1 saturated heterocycles. The number of nitrogens with zero attached hydrogens (tertiary/aromatic N) is 3. The maximum atomic E-state index is 12.9. The monoisotopic (exact) mass is 304 g/mol. The van der Waals surface area contributed by atoms with Crippen molar-refractivity contribution < 1.29 is 18.3 Å². The van der Waals surface area contributed by atoms with E-state index in [1.807, 2.05) is 6.92 Å². The summed E-state index contributed by atoms with van der Waals surface area (Å²) in [5.41, 5.74) is 0. The van der Waals surface area contributed by atoms with Gasteiger partial charge in [-0.15, -0.1) is 0 Å². The summed E-state index contributed by atoms with van der Waals surface area (Å²) in [6.07, 6.45) is -4.45. The summed E-state index contributed by atoms with van der Waals surface area (Å²) in [4.78, 5) is 8.76. The van der Waals surface area contributed by atoms with Crippen LogP contribution in [0.1, 0.15) is 26.1 Å². The van der Waals surface area contributed by atoms with E-state index in [0.29, 0.717) is 19.5 Å². The molecule has 1 aromatic rings. The van der Waals surface area contributed by atoms with E-state index in [0.717, 1.165) is 0 Å². The summed E-state index contributed by atoms with van der Waals surface area (Å²) in [6, 6.07) is 1.49. The van der Waals surface area contributed by atoms with Crippen molar-refractivity contribution in [2.45, 2.75) is 32.5 Å². The Balaban J connectivity index is 2.31. The van der Waals surface area contributed by atoms with Crippen molar-refractivity contribution in [2.24, 2.45) is 5.92 Å². The van der Waals surface area contributed by atoms with Crippen LogP contribution in [0.15, 0.2) is 6.07 Å². The number of piperidine rings is 1. The molecule has 5 nitrogen and oxygen atoms in total. The molecule has 0 bridgehead atoms. The first-order valence-electron chi connectivity index (χ1n) is 6.94. The summed E-state index contributed by atoms with van der Waals surface area (Å²) < 4.78 is 38.6. The topological polar surface area (TPSA) is 61.3 Å². The Morgan fingerprint density at radius 2 is 2.14 bits per heavy atom. The van der Waals surface area contributed by atoms with E-state index < -0.39 is 18.1 Å². The number of aliphatic hydroxyl groups excluding tert-OH is 1. The highest BCUT2D eigenvalue weighted by molar-refractivity contribution is 5.50. The Morgan fingerprint density at radius 3 is 2.71 bits per heavy atom. The average molecular weight is 304 g/mol. The maximum Gasteiger partial charge on any atom is 0.451 e. The lowest BCUT2D eigenvalue weighted by Gasteiger charge is -2.35. The molecule has 1 aromatic heterocycles. The van der Waals surface area contributed by atoms with Gasteiger partial charge in [0.1, 0.15) is 11.6 Å². The maximum absolute atomic E-state index is 12.9. The molecule has 21 heavy (non-hydrogen) atoms. The number of hydrogen-bond acceptors (Lipinski definition) is 5. The molecule has 1 fully saturated rings. The zero-order valence-corrected chi connectivity index (χ0v) is 12.0. The summed E-state index contributed by atoms with van der Waals surface area (Å²) >= 11 is 0. The standard InChI is InChI=1S/C13H19F3N4O/c1-3-17-10-6-11(19-12(18-10)13(14,15)16)20-5-4-8(2)9(21)7-20/h6,8-9,21H,3-5,7H2,1-2H3,(H,17,18,19). The minimum Gasteiger partial charge on any atom is -0.391 e. The fourth-order valence-electron chi connectivity index (χ4n) is 2.25. The van der Waals surface area contributed by atoms with Crippen LogP contribution in [0.5, 0.6) is 0 Å². The molecule has 2 unspecified atom stereocenters. The average Bonchev–Trinajstić information content (AvgIpc) is 2.41. The second-order valence-electron chi connectivity index (χ2n) is 5.24. The second-order valence-corrected chi connectivity index (χ2v) is 5.24. The van der Waals surface area contributed by atoms with Crippen molar-refractivity contribution >= 4 is 11.6 Å². The molecule has 0 aromatic carbocycles. The Kier molecular flexibility index (Phi) is 4.55. The minimum atomic E-state index is -4.60. The van der Waals surface area contributed by atoms with Gasteiger partial charge in [-0.3, -0.25) is 0 Å². The van der Waals surface area contributed by atoms with Gasteiger partial charge in [-0.2, -0.15) is 13.2 Å². The van der Waals surface area contributed by atoms with Crippen molar-refractivity contribution in [1.82, 2.24) is 9.97 Å². The molecule has 0 aliphatic carbocycles. The van der Waals surface area contributed by atoms with Crippen LogP contribution in [0.2, 0.25) is 0 Å². The third-order valence-electron chi connectivity index (χ3n) is 3.57. The molecule has 0 amide bonds. The van der Waals surface area contributed by atoms with Crippen LogP contribution in [0.3, 0.4) is 0 Å². The third kappa shape index (κ3) is 3.75. The van der Waals surface area contributed by atoms with Gasteiger partial charge in [0.25, 0.3) is 0 Å². The lowest BCUT2D eigenvalue weighted by molar-refractivity contribution is -0.144. The van der Waals surface area contributed by atoms with E-state index in [9.17, 15) is 18.3 Å². The molecule has 8 heteroatoms. The molecule has 118 valence electrons. The van der Waals surface area contributed by atoms with Crippen LogP contribution in [0.4, 0.5) is 24.8 Å². The Morgan fingerprint density at radius 1 is 1.43 bits per heavy atom. The number of β-amino-alcohol motifs (C(OH)–C–C–N with tert-alkyl or cyclic N) is 1. The van der Waals surface area contributed by atoms with E-state index >= 15 is 0 Å². The quantitative estimate of drug-likeness (QED) is 0.896. The number of hydrogen-bond donors (Lipinski definition) is 2. The zero-order valence-electron chi connectivity index (χ0n) is 12.0. The van der Waals surface area contributed by atoms with E-state index in [4.69, 9.17) is 0 Å². The molecule has 0 radical (unpaired) electrons. The summed E-state index contributed by atoms with van der Waals surface area (Å²) in [6.45, 7) is 5.02. The van der Waals surface area contributed by atoms with E-state index in [2.05, 4.69) is 15.3 Å². The summed E-state index contributed by atoms with van der Waals surface area (Å²) in [7, 11) is 0. The van der Waals surface area contributed by atoms with Crippen LogP contribution in [0, 0.1) is 5.92 Å². The third-order valence-corrected chi connectivity index (χ3v) is 3.57. The first-order valence-corrected chi connectivity index (χ1v) is 6.94. The number of aromatic nitrogens is 2. The number of aliphatic hydroxyl groups is 1. The number of rotatable bonds is 3. The molecular weight excluding hydrogens is 285 g/mol. The molecule has 2 rings (SSSR count). The van der Waals surface area contributed by atoms with Crippen LogP contribution >= 0.6 is 0 Å². The van der Waals surface area contributed by atoms with Gasteiger partial charge in [-0.25, -0.2) is 9.97 Å². The fourth-order valence-corrected chi connectivity index (χ4v) is 2.25. The Labute approximate surface area is 121 Å². The first-order chi connectivity index (χ1) is 9.81. The van der Waals surface area contributed by atoms with Gasteiger partial charge in [-0.1, -0.05) is 6.92 Å². The van der Waals surface area contributed by atoms with Crippen molar-refractivity contribution in [2.75, 3.05) is 29.9 Å². The van der Waals surface area contributed by atoms with Crippen molar-refractivity contribution in [1.29, 1.82) is 0 Å². The molecule has 2 atom stereocenters. The predicted octanol–water partition coefficient (Wildman–Crippen LogP) is 2.13. The zero-order chi connectivity index (χ0) is 15.6. The van der Waals surface area contributed by atoms with Crippen molar-refractivity contribution in [3.8, 4) is 0 Å². The van der Waals surface area contributed by atoms with Crippen LogP contribution in [-0.4, -0.2) is 40.8 Å².